The van der Waals surface area contributed by atoms with Gasteiger partial charge in [0.1, 0.15) is 19.2 Å². The van der Waals surface area contributed by atoms with Crippen molar-refractivity contribution in [2.75, 3.05) is 31.5 Å². The van der Waals surface area contributed by atoms with Crippen LogP contribution in [0.5, 0.6) is 0 Å². The van der Waals surface area contributed by atoms with Crippen LogP contribution in [-0.2, 0) is 40.1 Å². The molecule has 1 saturated heterocycles. The summed E-state index contributed by atoms with van der Waals surface area (Å²) in [6, 6.07) is 5.33. The van der Waals surface area contributed by atoms with E-state index in [0.717, 1.165) is 29.8 Å². The molecule has 0 aliphatic carbocycles. The van der Waals surface area contributed by atoms with Gasteiger partial charge in [0.05, 0.1) is 12.5 Å². The molecule has 0 radical (unpaired) electrons. The van der Waals surface area contributed by atoms with Crippen molar-refractivity contribution < 1.29 is 38.3 Å². The number of carbonyl (C=O) groups excluding carboxylic acids is 7. The maximum Gasteiger partial charge on any atom is 0.312 e. The Labute approximate surface area is 290 Å². The number of rotatable bonds is 15. The molecule has 2 unspecified atom stereocenters. The third-order valence-corrected chi connectivity index (χ3v) is 7.00. The average molecular weight is 692 g/mol. The standard InChI is InChI=1S/C27H38N4O7.C4H10N2O.C3H9N/c1-15(2)20-11-23(34)31(26(20)36)13-22(33)30-24(16(3)4)25(35)28-12-21(32)29-19-9-7-18(8-10-19)14-38-27(37)17(5)6;1-2-3-6-4(5)7;1-2-3-4/h7-10,15-17,20,24H,11-14H2,1-6H3,(H,28,35)(H,29,32)(H,30,33);2-3H2,1H3,(H3,5,6,7);2-4H2,1H3. The molecule has 1 heterocycles. The zero-order valence-electron chi connectivity index (χ0n) is 30.2. The van der Waals surface area contributed by atoms with Crippen molar-refractivity contribution in [1.29, 1.82) is 0 Å². The lowest BCUT2D eigenvalue weighted by Crippen LogP contribution is -2.53. The smallest absolute Gasteiger partial charge is 0.312 e. The molecule has 276 valence electrons. The molecule has 1 aromatic rings. The van der Waals surface area contributed by atoms with E-state index in [-0.39, 0.29) is 49.2 Å². The van der Waals surface area contributed by atoms with Crippen molar-refractivity contribution in [3.8, 4) is 0 Å². The van der Waals surface area contributed by atoms with Gasteiger partial charge < -0.3 is 37.5 Å². The van der Waals surface area contributed by atoms with Gasteiger partial charge in [-0.15, -0.1) is 0 Å². The van der Waals surface area contributed by atoms with Crippen LogP contribution in [0.1, 0.15) is 80.2 Å². The number of likely N-dealkylation sites (tertiary alicyclic amines) is 1. The van der Waals surface area contributed by atoms with E-state index in [4.69, 9.17) is 16.2 Å². The van der Waals surface area contributed by atoms with Gasteiger partial charge in [0.2, 0.25) is 29.5 Å². The fourth-order valence-electron chi connectivity index (χ4n) is 4.03. The van der Waals surface area contributed by atoms with E-state index in [0.29, 0.717) is 12.2 Å². The Kier molecular flexibility index (Phi) is 21.5. The molecule has 15 heteroatoms. The maximum atomic E-state index is 12.7. The second-order valence-corrected chi connectivity index (χ2v) is 12.5. The van der Waals surface area contributed by atoms with Crippen molar-refractivity contribution >= 4 is 47.2 Å². The number of nitrogens with one attached hydrogen (secondary N) is 4. The van der Waals surface area contributed by atoms with Gasteiger partial charge in [-0.25, -0.2) is 4.79 Å². The molecule has 1 aliphatic rings. The summed E-state index contributed by atoms with van der Waals surface area (Å²) in [4.78, 5) is 84.6. The molecule has 1 fully saturated rings. The minimum Gasteiger partial charge on any atom is -0.461 e. The van der Waals surface area contributed by atoms with Crippen molar-refractivity contribution in [1.82, 2.24) is 20.9 Å². The fourth-order valence-corrected chi connectivity index (χ4v) is 4.03. The molecule has 0 aromatic heterocycles. The van der Waals surface area contributed by atoms with E-state index < -0.39 is 48.2 Å². The second-order valence-electron chi connectivity index (χ2n) is 12.5. The van der Waals surface area contributed by atoms with Gasteiger partial charge in [0.15, 0.2) is 0 Å². The molecule has 8 N–H and O–H groups in total. The molecule has 15 nitrogen and oxygen atoms in total. The molecule has 7 amide bonds. The number of primary amides is 1. The molecule has 1 aliphatic heterocycles. The van der Waals surface area contributed by atoms with E-state index in [2.05, 4.69) is 28.2 Å². The minimum absolute atomic E-state index is 0.0211. The van der Waals surface area contributed by atoms with Crippen LogP contribution in [0.3, 0.4) is 0 Å². The number of hydrogen-bond acceptors (Lipinski definition) is 9. The predicted molar refractivity (Wildman–Crippen MR) is 186 cm³/mol. The number of nitrogens with two attached hydrogens (primary N) is 2. The monoisotopic (exact) mass is 691 g/mol. The number of nitrogens with zero attached hydrogens (tertiary/aromatic N) is 1. The first-order valence-corrected chi connectivity index (χ1v) is 16.7. The van der Waals surface area contributed by atoms with Crippen molar-refractivity contribution in [2.45, 2.75) is 87.3 Å². The van der Waals surface area contributed by atoms with E-state index in [1.54, 1.807) is 52.0 Å². The normalized spacial score (nSPS) is 14.3. The SMILES string of the molecule is CC(C)C(=O)OCc1ccc(NC(=O)CNC(=O)C(NC(=O)CN2C(=O)CC(C(C)C)C2=O)C(C)C)cc1.CCCN.CCCNC(N)=O. The molecule has 0 saturated carbocycles. The number of esters is 1. The van der Waals surface area contributed by atoms with E-state index in [9.17, 15) is 33.6 Å². The van der Waals surface area contributed by atoms with Crippen LogP contribution in [0, 0.1) is 23.7 Å². The molecule has 1 aromatic carbocycles. The highest BCUT2D eigenvalue weighted by molar-refractivity contribution is 6.06. The van der Waals surface area contributed by atoms with Crippen LogP contribution >= 0.6 is 0 Å². The van der Waals surface area contributed by atoms with Gasteiger partial charge in [-0.05, 0) is 48.9 Å². The van der Waals surface area contributed by atoms with Crippen LogP contribution < -0.4 is 32.7 Å². The van der Waals surface area contributed by atoms with Crippen LogP contribution in [0.4, 0.5) is 10.5 Å². The van der Waals surface area contributed by atoms with E-state index >= 15 is 0 Å². The first kappa shape index (κ1) is 44.5. The highest BCUT2D eigenvalue weighted by Crippen LogP contribution is 2.26. The third-order valence-electron chi connectivity index (χ3n) is 7.00. The zero-order valence-corrected chi connectivity index (χ0v) is 30.2. The molecular formula is C34H57N7O8. The van der Waals surface area contributed by atoms with Gasteiger partial charge in [-0.1, -0.05) is 67.5 Å². The molecule has 49 heavy (non-hydrogen) atoms. The Morgan fingerprint density at radius 3 is 1.94 bits per heavy atom. The van der Waals surface area contributed by atoms with E-state index in [1.165, 1.54) is 0 Å². The summed E-state index contributed by atoms with van der Waals surface area (Å²) < 4.78 is 5.17. The zero-order chi connectivity index (χ0) is 37.7. The Morgan fingerprint density at radius 1 is 0.918 bits per heavy atom. The van der Waals surface area contributed by atoms with Crippen LogP contribution in [0.25, 0.3) is 0 Å². The summed E-state index contributed by atoms with van der Waals surface area (Å²) >= 11 is 0. The van der Waals surface area contributed by atoms with Crippen LogP contribution in [0.2, 0.25) is 0 Å². The topological polar surface area (TPSA) is 232 Å². The number of benzene rings is 1. The van der Waals surface area contributed by atoms with Crippen LogP contribution in [-0.4, -0.2) is 78.7 Å². The molecule has 2 atom stereocenters. The summed E-state index contributed by atoms with van der Waals surface area (Å²) in [5.74, 6) is -3.76. The lowest BCUT2D eigenvalue weighted by atomic mass is 9.94. The molecule has 0 bridgehead atoms. The highest BCUT2D eigenvalue weighted by Gasteiger charge is 2.41. The molecular weight excluding hydrogens is 634 g/mol. The van der Waals surface area contributed by atoms with Gasteiger partial charge in [0.25, 0.3) is 0 Å². The summed E-state index contributed by atoms with van der Waals surface area (Å²) in [7, 11) is 0. The summed E-state index contributed by atoms with van der Waals surface area (Å²) in [6.45, 7) is 15.5. The second kappa shape index (κ2) is 23.7. The molecule has 2 rings (SSSR count). The van der Waals surface area contributed by atoms with Crippen molar-refractivity contribution in [2.24, 2.45) is 35.1 Å². The van der Waals surface area contributed by atoms with E-state index in [1.807, 2.05) is 20.8 Å². The number of amides is 7. The quantitative estimate of drug-likeness (QED) is 0.117. The van der Waals surface area contributed by atoms with Crippen molar-refractivity contribution in [3.63, 3.8) is 0 Å². The lowest BCUT2D eigenvalue weighted by molar-refractivity contribution is -0.148. The molecule has 0 spiro atoms. The number of ether oxygens (including phenoxy) is 1. The van der Waals surface area contributed by atoms with Crippen molar-refractivity contribution in [3.05, 3.63) is 29.8 Å². The van der Waals surface area contributed by atoms with Gasteiger partial charge in [0, 0.05) is 24.6 Å². The Morgan fingerprint density at radius 2 is 1.51 bits per heavy atom. The summed E-state index contributed by atoms with van der Waals surface area (Å²) in [5, 5.41) is 10.2. The number of urea groups is 1. The van der Waals surface area contributed by atoms with Gasteiger partial charge in [-0.2, -0.15) is 0 Å². The number of hydrogen-bond donors (Lipinski definition) is 6. The van der Waals surface area contributed by atoms with Gasteiger partial charge >= 0.3 is 12.0 Å². The third kappa shape index (κ3) is 18.0. The average Bonchev–Trinajstić information content (AvgIpc) is 3.33. The predicted octanol–water partition coefficient (Wildman–Crippen LogP) is 2.03. The summed E-state index contributed by atoms with van der Waals surface area (Å²) in [5.41, 5.74) is 11.0. The highest BCUT2D eigenvalue weighted by atomic mass is 16.5. The van der Waals surface area contributed by atoms with Gasteiger partial charge in [-0.3, -0.25) is 33.7 Å². The maximum absolute atomic E-state index is 12.7. The Hall–Kier alpha value is -4.53. The lowest BCUT2D eigenvalue weighted by Gasteiger charge is -2.23. The Bertz CT molecular complexity index is 1230. The Balaban J connectivity index is 0.00000180. The fraction of sp³-hybridized carbons (Fsp3) is 0.618. The number of carbonyl (C=O) groups is 7. The number of imide groups is 1. The first-order valence-electron chi connectivity index (χ1n) is 16.7. The summed E-state index contributed by atoms with van der Waals surface area (Å²) in [6.07, 6.45) is 2.10. The minimum atomic E-state index is -0.961. The first-order chi connectivity index (χ1) is 23.0. The number of anilines is 1. The van der Waals surface area contributed by atoms with Crippen LogP contribution in [0.15, 0.2) is 24.3 Å². The largest absolute Gasteiger partial charge is 0.461 e.